The molecule has 0 saturated carbocycles. The normalized spacial score (nSPS) is 23.8. The lowest BCUT2D eigenvalue weighted by Gasteiger charge is -2.41. The molecule has 164 valence electrons. The summed E-state index contributed by atoms with van der Waals surface area (Å²) in [5.74, 6) is 1.81. The van der Waals surface area contributed by atoms with E-state index in [0.717, 1.165) is 51.7 Å². The molecule has 1 amide bonds. The SMILES string of the molecule is CC[C@@H]1CCCCN1C(=O)[C@H](C)N1CCC(C(=O)c2ccc3c(c2)OCCO3)CC1. The molecule has 1 aromatic rings. The van der Waals surface area contributed by atoms with E-state index in [2.05, 4.69) is 16.7 Å². The van der Waals surface area contributed by atoms with Crippen LogP contribution in [0.15, 0.2) is 18.2 Å². The highest BCUT2D eigenvalue weighted by molar-refractivity contribution is 5.98. The van der Waals surface area contributed by atoms with Crippen LogP contribution in [0.5, 0.6) is 11.5 Å². The fourth-order valence-electron chi connectivity index (χ4n) is 5.09. The summed E-state index contributed by atoms with van der Waals surface area (Å²) >= 11 is 0. The molecule has 0 radical (unpaired) electrons. The van der Waals surface area contributed by atoms with Crippen LogP contribution in [0.2, 0.25) is 0 Å². The monoisotopic (exact) mass is 414 g/mol. The van der Waals surface area contributed by atoms with Gasteiger partial charge in [0, 0.05) is 24.1 Å². The molecular weight excluding hydrogens is 380 g/mol. The average molecular weight is 415 g/mol. The topological polar surface area (TPSA) is 59.1 Å². The highest BCUT2D eigenvalue weighted by Gasteiger charge is 2.34. The molecule has 1 aromatic carbocycles. The smallest absolute Gasteiger partial charge is 0.239 e. The zero-order valence-electron chi connectivity index (χ0n) is 18.3. The first-order chi connectivity index (χ1) is 14.6. The van der Waals surface area contributed by atoms with Crippen molar-refractivity contribution in [3.05, 3.63) is 23.8 Å². The molecule has 2 fully saturated rings. The van der Waals surface area contributed by atoms with Gasteiger partial charge in [0.1, 0.15) is 13.2 Å². The van der Waals surface area contributed by atoms with E-state index in [4.69, 9.17) is 9.47 Å². The molecule has 0 aromatic heterocycles. The van der Waals surface area contributed by atoms with Crippen LogP contribution >= 0.6 is 0 Å². The molecule has 0 spiro atoms. The Balaban J connectivity index is 1.34. The molecule has 30 heavy (non-hydrogen) atoms. The van der Waals surface area contributed by atoms with Gasteiger partial charge in [-0.2, -0.15) is 0 Å². The minimum atomic E-state index is -0.109. The lowest BCUT2D eigenvalue weighted by Crippen LogP contribution is -2.53. The second-order valence-corrected chi connectivity index (χ2v) is 8.80. The number of carbonyl (C=O) groups excluding carboxylic acids is 2. The molecule has 2 atom stereocenters. The highest BCUT2D eigenvalue weighted by atomic mass is 16.6. The number of nitrogens with zero attached hydrogens (tertiary/aromatic N) is 2. The fraction of sp³-hybridized carbons (Fsp3) is 0.667. The van der Waals surface area contributed by atoms with Crippen LogP contribution in [0.4, 0.5) is 0 Å². The quantitative estimate of drug-likeness (QED) is 0.690. The summed E-state index contributed by atoms with van der Waals surface area (Å²) in [6.45, 7) is 7.75. The highest BCUT2D eigenvalue weighted by Crippen LogP contribution is 2.33. The summed E-state index contributed by atoms with van der Waals surface area (Å²) in [6.07, 6.45) is 6.08. The summed E-state index contributed by atoms with van der Waals surface area (Å²) in [5.41, 5.74) is 0.695. The number of carbonyl (C=O) groups is 2. The maximum Gasteiger partial charge on any atom is 0.239 e. The maximum atomic E-state index is 13.1. The Bertz CT molecular complexity index is 772. The van der Waals surface area contributed by atoms with Crippen LogP contribution in [-0.4, -0.2) is 66.4 Å². The van der Waals surface area contributed by atoms with Gasteiger partial charge in [0.25, 0.3) is 0 Å². The van der Waals surface area contributed by atoms with E-state index in [1.165, 1.54) is 6.42 Å². The van der Waals surface area contributed by atoms with Crippen LogP contribution < -0.4 is 9.47 Å². The number of likely N-dealkylation sites (tertiary alicyclic amines) is 2. The molecule has 0 N–H and O–H groups in total. The summed E-state index contributed by atoms with van der Waals surface area (Å²) in [4.78, 5) is 30.5. The van der Waals surface area contributed by atoms with Crippen molar-refractivity contribution in [3.63, 3.8) is 0 Å². The van der Waals surface area contributed by atoms with Crippen LogP contribution in [0.1, 0.15) is 62.7 Å². The van der Waals surface area contributed by atoms with Gasteiger partial charge in [-0.1, -0.05) is 6.92 Å². The van der Waals surface area contributed by atoms with Gasteiger partial charge >= 0.3 is 0 Å². The van der Waals surface area contributed by atoms with Gasteiger partial charge in [0.15, 0.2) is 17.3 Å². The largest absolute Gasteiger partial charge is 0.486 e. The Kier molecular flexibility index (Phi) is 6.61. The van der Waals surface area contributed by atoms with Crippen molar-refractivity contribution in [2.45, 2.75) is 64.5 Å². The lowest BCUT2D eigenvalue weighted by molar-refractivity contribution is -0.140. The van der Waals surface area contributed by atoms with E-state index in [-0.39, 0.29) is 23.7 Å². The Morgan fingerprint density at radius 3 is 2.50 bits per heavy atom. The zero-order chi connectivity index (χ0) is 21.1. The van der Waals surface area contributed by atoms with Crippen LogP contribution in [0, 0.1) is 5.92 Å². The first-order valence-corrected chi connectivity index (χ1v) is 11.6. The molecule has 6 heteroatoms. The molecular formula is C24H34N2O4. The molecule has 0 bridgehead atoms. The molecule has 3 heterocycles. The number of benzene rings is 1. The maximum absolute atomic E-state index is 13.1. The molecule has 0 aliphatic carbocycles. The van der Waals surface area contributed by atoms with E-state index >= 15 is 0 Å². The van der Waals surface area contributed by atoms with E-state index < -0.39 is 0 Å². The van der Waals surface area contributed by atoms with Gasteiger partial charge in [-0.3, -0.25) is 14.5 Å². The predicted octanol–water partition coefficient (Wildman–Crippen LogP) is 3.53. The first-order valence-electron chi connectivity index (χ1n) is 11.6. The number of piperidine rings is 2. The zero-order valence-corrected chi connectivity index (χ0v) is 18.3. The Morgan fingerprint density at radius 2 is 1.77 bits per heavy atom. The van der Waals surface area contributed by atoms with E-state index in [1.807, 2.05) is 25.1 Å². The van der Waals surface area contributed by atoms with Gasteiger partial charge in [-0.05, 0) is 76.7 Å². The average Bonchev–Trinajstić information content (AvgIpc) is 2.82. The van der Waals surface area contributed by atoms with Crippen molar-refractivity contribution in [2.24, 2.45) is 5.92 Å². The van der Waals surface area contributed by atoms with Crippen molar-refractivity contribution in [1.29, 1.82) is 0 Å². The summed E-state index contributed by atoms with van der Waals surface area (Å²) in [6, 6.07) is 5.78. The van der Waals surface area contributed by atoms with Crippen LogP contribution in [0.25, 0.3) is 0 Å². The summed E-state index contributed by atoms with van der Waals surface area (Å²) < 4.78 is 11.2. The van der Waals surface area contributed by atoms with Gasteiger partial charge in [-0.25, -0.2) is 0 Å². The van der Waals surface area contributed by atoms with Crippen LogP contribution in [0.3, 0.4) is 0 Å². The molecule has 2 saturated heterocycles. The number of rotatable bonds is 5. The molecule has 6 nitrogen and oxygen atoms in total. The van der Waals surface area contributed by atoms with Crippen molar-refractivity contribution in [2.75, 3.05) is 32.8 Å². The Hall–Kier alpha value is -2.08. The minimum Gasteiger partial charge on any atom is -0.486 e. The summed E-state index contributed by atoms with van der Waals surface area (Å²) in [7, 11) is 0. The minimum absolute atomic E-state index is 0.00416. The molecule has 3 aliphatic heterocycles. The number of fused-ring (bicyclic) bond motifs is 1. The van der Waals surface area contributed by atoms with E-state index in [9.17, 15) is 9.59 Å². The summed E-state index contributed by atoms with van der Waals surface area (Å²) in [5, 5.41) is 0. The second kappa shape index (κ2) is 9.38. The molecule has 3 aliphatic rings. The number of Topliss-reactive ketones (excluding diaryl/α,β-unsaturated/α-hetero) is 1. The third-order valence-electron chi connectivity index (χ3n) is 7.01. The fourth-order valence-corrected chi connectivity index (χ4v) is 5.09. The van der Waals surface area contributed by atoms with Gasteiger partial charge < -0.3 is 14.4 Å². The Morgan fingerprint density at radius 1 is 1.03 bits per heavy atom. The van der Waals surface area contributed by atoms with Gasteiger partial charge in [0.05, 0.1) is 6.04 Å². The van der Waals surface area contributed by atoms with Crippen LogP contribution in [-0.2, 0) is 4.79 Å². The number of amides is 1. The predicted molar refractivity (Wildman–Crippen MR) is 115 cm³/mol. The van der Waals surface area contributed by atoms with Gasteiger partial charge in [-0.15, -0.1) is 0 Å². The number of ether oxygens (including phenoxy) is 2. The first kappa shape index (κ1) is 21.2. The van der Waals surface area contributed by atoms with Gasteiger partial charge in [0.2, 0.25) is 5.91 Å². The number of ketones is 1. The van der Waals surface area contributed by atoms with Crippen molar-refractivity contribution >= 4 is 11.7 Å². The lowest BCUT2D eigenvalue weighted by atomic mass is 9.88. The number of hydrogen-bond acceptors (Lipinski definition) is 5. The third-order valence-corrected chi connectivity index (χ3v) is 7.01. The Labute approximate surface area is 179 Å². The standard InChI is InChI=1S/C24H34N2O4/c1-3-20-6-4-5-11-26(20)24(28)17(2)25-12-9-18(10-13-25)23(27)19-7-8-21-22(16-19)30-15-14-29-21/h7-8,16-18,20H,3-6,9-15H2,1-2H3/t17-,20+/m0/s1. The number of hydrogen-bond donors (Lipinski definition) is 0. The second-order valence-electron chi connectivity index (χ2n) is 8.80. The molecule has 4 rings (SSSR count). The van der Waals surface area contributed by atoms with Crippen molar-refractivity contribution < 1.29 is 19.1 Å². The van der Waals surface area contributed by atoms with E-state index in [1.54, 1.807) is 0 Å². The third kappa shape index (κ3) is 4.34. The van der Waals surface area contributed by atoms with Crippen molar-refractivity contribution in [3.8, 4) is 11.5 Å². The van der Waals surface area contributed by atoms with E-state index in [0.29, 0.717) is 36.3 Å². The van der Waals surface area contributed by atoms with Crippen molar-refractivity contribution in [1.82, 2.24) is 9.80 Å². The molecule has 0 unspecified atom stereocenters.